The van der Waals surface area contributed by atoms with Crippen molar-refractivity contribution in [3.8, 4) is 11.5 Å². The van der Waals surface area contributed by atoms with Gasteiger partial charge in [0.1, 0.15) is 13.2 Å². The van der Waals surface area contributed by atoms with Gasteiger partial charge in [0.2, 0.25) is 5.91 Å². The van der Waals surface area contributed by atoms with Crippen LogP contribution < -0.4 is 9.47 Å². The summed E-state index contributed by atoms with van der Waals surface area (Å²) in [6.07, 6.45) is 0.738. The van der Waals surface area contributed by atoms with Gasteiger partial charge in [0.15, 0.2) is 11.5 Å². The van der Waals surface area contributed by atoms with Gasteiger partial charge in [-0.2, -0.15) is 0 Å². The molecule has 1 atom stereocenters. The highest BCUT2D eigenvalue weighted by atomic mass is 16.6. The quantitative estimate of drug-likeness (QED) is 0.911. The lowest BCUT2D eigenvalue weighted by Gasteiger charge is -2.21. The third-order valence-corrected chi connectivity index (χ3v) is 4.30. The minimum Gasteiger partial charge on any atom is -0.486 e. The third kappa shape index (κ3) is 2.73. The second-order valence-electron chi connectivity index (χ2n) is 6.09. The van der Waals surface area contributed by atoms with E-state index in [4.69, 9.17) is 9.47 Å². The van der Waals surface area contributed by atoms with Gasteiger partial charge in [-0.05, 0) is 31.0 Å². The molecule has 0 aliphatic carbocycles. The molecule has 1 N–H and O–H groups in total. The Balaban J connectivity index is 1.66. The molecule has 6 heteroatoms. The largest absolute Gasteiger partial charge is 0.486 e. The average molecular weight is 305 g/mol. The summed E-state index contributed by atoms with van der Waals surface area (Å²) >= 11 is 0. The summed E-state index contributed by atoms with van der Waals surface area (Å²) in [5.41, 5.74) is 0.0146. The molecule has 1 aromatic carbocycles. The highest BCUT2D eigenvalue weighted by molar-refractivity contribution is 5.82. The van der Waals surface area contributed by atoms with Gasteiger partial charge in [-0.1, -0.05) is 6.07 Å². The van der Waals surface area contributed by atoms with E-state index in [0.717, 1.165) is 5.56 Å². The highest BCUT2D eigenvalue weighted by Gasteiger charge is 2.41. The second kappa shape index (κ2) is 5.51. The summed E-state index contributed by atoms with van der Waals surface area (Å²) in [6, 6.07) is 5.47. The predicted molar refractivity (Wildman–Crippen MR) is 78.1 cm³/mol. The molecule has 2 heterocycles. The molecular formula is C16H19NO5. The highest BCUT2D eigenvalue weighted by Crippen LogP contribution is 2.32. The zero-order chi connectivity index (χ0) is 15.7. The van der Waals surface area contributed by atoms with Gasteiger partial charge in [-0.25, -0.2) is 0 Å². The fourth-order valence-electron chi connectivity index (χ4n) is 2.83. The van der Waals surface area contributed by atoms with Crippen molar-refractivity contribution in [1.82, 2.24) is 4.90 Å². The fraction of sp³-hybridized carbons (Fsp3) is 0.500. The van der Waals surface area contributed by atoms with Crippen molar-refractivity contribution in [3.05, 3.63) is 23.8 Å². The van der Waals surface area contributed by atoms with E-state index >= 15 is 0 Å². The van der Waals surface area contributed by atoms with Gasteiger partial charge < -0.3 is 19.5 Å². The Morgan fingerprint density at radius 2 is 2.00 bits per heavy atom. The van der Waals surface area contributed by atoms with Crippen molar-refractivity contribution in [2.45, 2.75) is 19.8 Å². The van der Waals surface area contributed by atoms with Gasteiger partial charge >= 0.3 is 5.97 Å². The monoisotopic (exact) mass is 305 g/mol. The van der Waals surface area contributed by atoms with Crippen molar-refractivity contribution in [2.75, 3.05) is 26.3 Å². The molecular weight excluding hydrogens is 286 g/mol. The Labute approximate surface area is 128 Å². The molecule has 1 amide bonds. The van der Waals surface area contributed by atoms with Crippen LogP contribution >= 0.6 is 0 Å². The minimum absolute atomic E-state index is 0.0540. The zero-order valence-electron chi connectivity index (χ0n) is 12.5. The summed E-state index contributed by atoms with van der Waals surface area (Å²) in [6.45, 7) is 3.49. The predicted octanol–water partition coefficient (Wildman–Crippen LogP) is 1.32. The number of amides is 1. The number of hydrogen-bond donors (Lipinski definition) is 1. The Hall–Kier alpha value is -2.24. The maximum absolute atomic E-state index is 12.4. The number of likely N-dealkylation sites (tertiary alicyclic amines) is 1. The van der Waals surface area contributed by atoms with Gasteiger partial charge in [-0.3, -0.25) is 9.59 Å². The number of ether oxygens (including phenoxy) is 2. The second-order valence-corrected chi connectivity index (χ2v) is 6.09. The summed E-state index contributed by atoms with van der Waals surface area (Å²) in [4.78, 5) is 25.2. The molecule has 3 rings (SSSR count). The van der Waals surface area contributed by atoms with Crippen LogP contribution in [0, 0.1) is 5.41 Å². The number of nitrogens with zero attached hydrogens (tertiary/aromatic N) is 1. The van der Waals surface area contributed by atoms with E-state index in [2.05, 4.69) is 0 Å². The first-order chi connectivity index (χ1) is 10.5. The molecule has 0 spiro atoms. The van der Waals surface area contributed by atoms with Gasteiger partial charge in [0.05, 0.1) is 11.8 Å². The van der Waals surface area contributed by atoms with Crippen LogP contribution in [0.15, 0.2) is 18.2 Å². The summed E-state index contributed by atoms with van der Waals surface area (Å²) < 4.78 is 11.0. The summed E-state index contributed by atoms with van der Waals surface area (Å²) in [5.74, 6) is 0.458. The van der Waals surface area contributed by atoms with E-state index < -0.39 is 11.4 Å². The first kappa shape index (κ1) is 14.7. The lowest BCUT2D eigenvalue weighted by Crippen LogP contribution is -2.35. The number of aliphatic carboxylic acids is 1. The Bertz CT molecular complexity index is 615. The Kier molecular flexibility index (Phi) is 3.68. The number of carbonyl (C=O) groups is 2. The SMILES string of the molecule is C[C@]1(C(=O)O)CCN(C(=O)Cc2ccc3c(c2)OCCO3)C1. The minimum atomic E-state index is -0.845. The van der Waals surface area contributed by atoms with Crippen molar-refractivity contribution in [2.24, 2.45) is 5.41 Å². The number of hydrogen-bond acceptors (Lipinski definition) is 4. The maximum Gasteiger partial charge on any atom is 0.311 e. The van der Waals surface area contributed by atoms with Gasteiger partial charge in [0.25, 0.3) is 0 Å². The molecule has 2 aliphatic heterocycles. The molecule has 118 valence electrons. The molecule has 1 saturated heterocycles. The zero-order valence-corrected chi connectivity index (χ0v) is 12.5. The number of carbonyl (C=O) groups excluding carboxylic acids is 1. The van der Waals surface area contributed by atoms with Crippen molar-refractivity contribution < 1.29 is 24.2 Å². The molecule has 1 aromatic rings. The fourth-order valence-corrected chi connectivity index (χ4v) is 2.83. The van der Waals surface area contributed by atoms with E-state index in [-0.39, 0.29) is 18.9 Å². The molecule has 6 nitrogen and oxygen atoms in total. The van der Waals surface area contributed by atoms with Crippen LogP contribution in [0.4, 0.5) is 0 Å². The molecule has 0 bridgehead atoms. The topological polar surface area (TPSA) is 76.1 Å². The average Bonchev–Trinajstić information content (AvgIpc) is 2.91. The van der Waals surface area contributed by atoms with Crippen molar-refractivity contribution in [1.29, 1.82) is 0 Å². The van der Waals surface area contributed by atoms with Crippen LogP contribution in [-0.4, -0.2) is 48.2 Å². The molecule has 0 aromatic heterocycles. The molecule has 22 heavy (non-hydrogen) atoms. The first-order valence-electron chi connectivity index (χ1n) is 7.38. The number of carboxylic acid groups (broad SMARTS) is 1. The Morgan fingerprint density at radius 3 is 2.68 bits per heavy atom. The molecule has 0 radical (unpaired) electrons. The van der Waals surface area contributed by atoms with Crippen molar-refractivity contribution >= 4 is 11.9 Å². The van der Waals surface area contributed by atoms with Gasteiger partial charge in [-0.15, -0.1) is 0 Å². The maximum atomic E-state index is 12.4. The van der Waals surface area contributed by atoms with Crippen LogP contribution in [0.2, 0.25) is 0 Å². The number of benzene rings is 1. The van der Waals surface area contributed by atoms with Crippen LogP contribution in [0.5, 0.6) is 11.5 Å². The van der Waals surface area contributed by atoms with E-state index in [1.807, 2.05) is 18.2 Å². The smallest absolute Gasteiger partial charge is 0.311 e. The first-order valence-corrected chi connectivity index (χ1v) is 7.38. The molecule has 0 unspecified atom stereocenters. The molecule has 1 fully saturated rings. The number of fused-ring (bicyclic) bond motifs is 1. The number of carboxylic acids is 1. The molecule has 2 aliphatic rings. The summed E-state index contributed by atoms with van der Waals surface area (Å²) in [5, 5.41) is 9.23. The van der Waals surface area contributed by atoms with Crippen molar-refractivity contribution in [3.63, 3.8) is 0 Å². The van der Waals surface area contributed by atoms with Crippen LogP contribution in [0.1, 0.15) is 18.9 Å². The van der Waals surface area contributed by atoms with E-state index in [1.54, 1.807) is 11.8 Å². The normalized spacial score (nSPS) is 23.4. The lowest BCUT2D eigenvalue weighted by molar-refractivity contribution is -0.147. The standard InChI is InChI=1S/C16H19NO5/c1-16(15(19)20)4-5-17(10-16)14(18)9-11-2-3-12-13(8-11)22-7-6-21-12/h2-3,8H,4-7,9-10H2,1H3,(H,19,20)/t16-/m0/s1. The Morgan fingerprint density at radius 1 is 1.27 bits per heavy atom. The van der Waals surface area contributed by atoms with Crippen LogP contribution in [-0.2, 0) is 16.0 Å². The third-order valence-electron chi connectivity index (χ3n) is 4.30. The van der Waals surface area contributed by atoms with Gasteiger partial charge in [0, 0.05) is 13.1 Å². The van der Waals surface area contributed by atoms with Crippen LogP contribution in [0.25, 0.3) is 0 Å². The van der Waals surface area contributed by atoms with Crippen LogP contribution in [0.3, 0.4) is 0 Å². The van der Waals surface area contributed by atoms with E-state index in [0.29, 0.717) is 37.7 Å². The lowest BCUT2D eigenvalue weighted by atomic mass is 9.90. The summed E-state index contributed by atoms with van der Waals surface area (Å²) in [7, 11) is 0. The number of rotatable bonds is 3. The van der Waals surface area contributed by atoms with E-state index in [9.17, 15) is 14.7 Å². The molecule has 0 saturated carbocycles. The van der Waals surface area contributed by atoms with E-state index in [1.165, 1.54) is 0 Å².